The second kappa shape index (κ2) is 4.69. The first kappa shape index (κ1) is 15.7. The summed E-state index contributed by atoms with van der Waals surface area (Å²) in [5, 5.41) is 4.38. The molecule has 0 fully saturated rings. The fraction of sp³-hybridized carbons (Fsp3) is 0.556. The molecule has 2 rings (SSSR count). The molecular formula is C18H25NO2. The quantitative estimate of drug-likeness (QED) is 0.758. The second-order valence-corrected chi connectivity index (χ2v) is 7.09. The Labute approximate surface area is 127 Å². The van der Waals surface area contributed by atoms with Crippen LogP contribution in [0.15, 0.2) is 11.2 Å². The van der Waals surface area contributed by atoms with Gasteiger partial charge in [0.1, 0.15) is 5.60 Å². The van der Waals surface area contributed by atoms with Gasteiger partial charge in [-0.05, 0) is 64.3 Å². The normalized spacial score (nSPS) is 19.1. The Bertz CT molecular complexity index is 652. The second-order valence-electron chi connectivity index (χ2n) is 7.09. The minimum Gasteiger partial charge on any atom is -0.389 e. The van der Waals surface area contributed by atoms with Gasteiger partial charge in [-0.2, -0.15) is 0 Å². The Balaban J connectivity index is 2.74. The lowest BCUT2D eigenvalue weighted by Crippen LogP contribution is -2.41. The molecule has 0 bridgehead atoms. The zero-order chi connectivity index (χ0) is 16.2. The highest BCUT2D eigenvalue weighted by Crippen LogP contribution is 2.44. The van der Waals surface area contributed by atoms with Crippen molar-refractivity contribution in [2.45, 2.75) is 61.0 Å². The maximum absolute atomic E-state index is 11.9. The van der Waals surface area contributed by atoms with Crippen molar-refractivity contribution < 1.29 is 9.63 Å². The molecule has 0 spiro atoms. The van der Waals surface area contributed by atoms with Crippen molar-refractivity contribution in [2.24, 2.45) is 10.6 Å². The van der Waals surface area contributed by atoms with Crippen LogP contribution in [0.5, 0.6) is 0 Å². The summed E-state index contributed by atoms with van der Waals surface area (Å²) in [5.41, 5.74) is 5.49. The van der Waals surface area contributed by atoms with E-state index in [-0.39, 0.29) is 16.8 Å². The number of aryl methyl sites for hydroxylation is 1. The zero-order valence-electron chi connectivity index (χ0n) is 14.3. The van der Waals surface area contributed by atoms with E-state index in [0.29, 0.717) is 0 Å². The minimum absolute atomic E-state index is 0.0911. The largest absolute Gasteiger partial charge is 0.389 e. The van der Waals surface area contributed by atoms with Crippen LogP contribution in [0.25, 0.3) is 0 Å². The highest BCUT2D eigenvalue weighted by atomic mass is 16.7. The topological polar surface area (TPSA) is 38.7 Å². The van der Waals surface area contributed by atoms with Gasteiger partial charge < -0.3 is 4.84 Å². The summed E-state index contributed by atoms with van der Waals surface area (Å²) in [5.74, 6) is 0.0911. The number of carbonyl (C=O) groups excluding carboxylic acids is 1. The van der Waals surface area contributed by atoms with Crippen LogP contribution in [0.2, 0.25) is 0 Å². The van der Waals surface area contributed by atoms with Gasteiger partial charge in [-0.1, -0.05) is 19.0 Å². The van der Waals surface area contributed by atoms with Crippen molar-refractivity contribution in [3.05, 3.63) is 33.9 Å². The van der Waals surface area contributed by atoms with Gasteiger partial charge in [-0.25, -0.2) is 0 Å². The molecule has 0 radical (unpaired) electrons. The fourth-order valence-corrected chi connectivity index (χ4v) is 2.80. The summed E-state index contributed by atoms with van der Waals surface area (Å²) in [6, 6.07) is 1.98. The van der Waals surface area contributed by atoms with E-state index in [1.165, 1.54) is 5.56 Å². The van der Waals surface area contributed by atoms with Gasteiger partial charge in [0.05, 0.1) is 11.1 Å². The number of rotatable bonds is 2. The van der Waals surface area contributed by atoms with Crippen molar-refractivity contribution in [1.29, 1.82) is 0 Å². The van der Waals surface area contributed by atoms with Gasteiger partial charge in [0.15, 0.2) is 5.78 Å². The van der Waals surface area contributed by atoms with Gasteiger partial charge in [0, 0.05) is 11.1 Å². The Morgan fingerprint density at radius 3 is 2.10 bits per heavy atom. The SMILES string of the molecule is CC(=O)c1cc(C)c(C)c(C2=NOC(C)(C)C2(C)C)c1C. The first-order chi connectivity index (χ1) is 9.50. The number of carbonyl (C=O) groups is 1. The first-order valence-electron chi connectivity index (χ1n) is 7.39. The number of hydrogen-bond acceptors (Lipinski definition) is 3. The van der Waals surface area contributed by atoms with Crippen LogP contribution in [0, 0.1) is 26.2 Å². The maximum atomic E-state index is 11.9. The molecule has 0 amide bonds. The lowest BCUT2D eigenvalue weighted by atomic mass is 9.70. The summed E-state index contributed by atoms with van der Waals surface area (Å²) in [6.45, 7) is 16.1. The Hall–Kier alpha value is -1.64. The molecule has 0 aromatic heterocycles. The lowest BCUT2D eigenvalue weighted by Gasteiger charge is -2.33. The van der Waals surface area contributed by atoms with Crippen LogP contribution in [0.3, 0.4) is 0 Å². The summed E-state index contributed by atoms with van der Waals surface area (Å²) < 4.78 is 0. The van der Waals surface area contributed by atoms with Crippen molar-refractivity contribution in [1.82, 2.24) is 0 Å². The van der Waals surface area contributed by atoms with Gasteiger partial charge >= 0.3 is 0 Å². The molecule has 0 aliphatic carbocycles. The summed E-state index contributed by atoms with van der Waals surface area (Å²) in [7, 11) is 0. The maximum Gasteiger partial charge on any atom is 0.160 e. The number of nitrogens with zero attached hydrogens (tertiary/aromatic N) is 1. The van der Waals surface area contributed by atoms with Crippen LogP contribution in [0.4, 0.5) is 0 Å². The van der Waals surface area contributed by atoms with E-state index in [2.05, 4.69) is 39.8 Å². The van der Waals surface area contributed by atoms with Crippen LogP contribution >= 0.6 is 0 Å². The molecule has 0 N–H and O–H groups in total. The zero-order valence-corrected chi connectivity index (χ0v) is 14.3. The molecule has 114 valence electrons. The highest BCUT2D eigenvalue weighted by Gasteiger charge is 2.49. The lowest BCUT2D eigenvalue weighted by molar-refractivity contribution is -0.0409. The molecule has 3 nitrogen and oxygen atoms in total. The van der Waals surface area contributed by atoms with Crippen molar-refractivity contribution in [2.75, 3.05) is 0 Å². The molecule has 1 aromatic carbocycles. The molecule has 1 heterocycles. The summed E-state index contributed by atoms with van der Waals surface area (Å²) in [6.07, 6.45) is 0. The molecule has 1 aliphatic heterocycles. The average molecular weight is 287 g/mol. The van der Waals surface area contributed by atoms with Crippen LogP contribution in [-0.4, -0.2) is 17.1 Å². The van der Waals surface area contributed by atoms with E-state index in [1.54, 1.807) is 6.92 Å². The van der Waals surface area contributed by atoms with E-state index < -0.39 is 0 Å². The van der Waals surface area contributed by atoms with Gasteiger partial charge in [0.25, 0.3) is 0 Å². The third-order valence-electron chi connectivity index (χ3n) is 5.18. The number of benzene rings is 1. The standard InChI is InChI=1S/C18H25NO2/c1-10-9-14(13(4)20)12(3)15(11(10)2)16-17(5,6)18(7,8)21-19-16/h9H,1-8H3. The Kier molecular flexibility index (Phi) is 3.51. The summed E-state index contributed by atoms with van der Waals surface area (Å²) >= 11 is 0. The predicted molar refractivity (Wildman–Crippen MR) is 86.1 cm³/mol. The monoisotopic (exact) mass is 287 g/mol. The fourth-order valence-electron chi connectivity index (χ4n) is 2.80. The molecule has 0 saturated heterocycles. The smallest absolute Gasteiger partial charge is 0.160 e. The van der Waals surface area contributed by atoms with E-state index in [1.807, 2.05) is 19.9 Å². The van der Waals surface area contributed by atoms with Crippen LogP contribution < -0.4 is 0 Å². The number of ketones is 1. The Morgan fingerprint density at radius 1 is 1.10 bits per heavy atom. The molecule has 1 aromatic rings. The highest BCUT2D eigenvalue weighted by molar-refractivity contribution is 6.10. The third kappa shape index (κ3) is 2.19. The van der Waals surface area contributed by atoms with Crippen molar-refractivity contribution in [3.63, 3.8) is 0 Å². The molecular weight excluding hydrogens is 262 g/mol. The molecule has 0 saturated carbocycles. The Morgan fingerprint density at radius 2 is 1.67 bits per heavy atom. The molecule has 1 aliphatic rings. The predicted octanol–water partition coefficient (Wildman–Crippen LogP) is 4.35. The number of hydrogen-bond donors (Lipinski definition) is 0. The van der Waals surface area contributed by atoms with Gasteiger partial charge in [-0.3, -0.25) is 4.79 Å². The molecule has 0 atom stereocenters. The van der Waals surface area contributed by atoms with Gasteiger partial charge in [-0.15, -0.1) is 0 Å². The van der Waals surface area contributed by atoms with Crippen LogP contribution in [-0.2, 0) is 4.84 Å². The van der Waals surface area contributed by atoms with E-state index in [9.17, 15) is 4.79 Å². The van der Waals surface area contributed by atoms with Crippen molar-refractivity contribution in [3.8, 4) is 0 Å². The van der Waals surface area contributed by atoms with Crippen molar-refractivity contribution >= 4 is 11.5 Å². The van der Waals surface area contributed by atoms with E-state index in [4.69, 9.17) is 4.84 Å². The molecule has 3 heteroatoms. The molecule has 21 heavy (non-hydrogen) atoms. The van der Waals surface area contributed by atoms with E-state index >= 15 is 0 Å². The first-order valence-corrected chi connectivity index (χ1v) is 7.39. The number of Topliss-reactive ketones (excluding diaryl/α,β-unsaturated/α-hetero) is 1. The minimum atomic E-state index is -0.360. The average Bonchev–Trinajstić information content (AvgIpc) is 2.56. The third-order valence-corrected chi connectivity index (χ3v) is 5.18. The van der Waals surface area contributed by atoms with Crippen LogP contribution in [0.1, 0.15) is 67.2 Å². The summed E-state index contributed by atoms with van der Waals surface area (Å²) in [4.78, 5) is 17.6. The van der Waals surface area contributed by atoms with E-state index in [0.717, 1.165) is 28.0 Å². The number of oxime groups is 1. The molecule has 0 unspecified atom stereocenters. The van der Waals surface area contributed by atoms with Gasteiger partial charge in [0.2, 0.25) is 0 Å².